The van der Waals surface area contributed by atoms with Crippen molar-refractivity contribution in [3.63, 3.8) is 0 Å². The highest BCUT2D eigenvalue weighted by molar-refractivity contribution is 9.10. The molecular formula is C15H11BrFNOS. The fraction of sp³-hybridized carbons (Fsp3) is 0.133. The first-order chi connectivity index (χ1) is 9.61. The van der Waals surface area contributed by atoms with Crippen LogP contribution in [0.5, 0.6) is 0 Å². The maximum absolute atomic E-state index is 13.3. The van der Waals surface area contributed by atoms with Crippen molar-refractivity contribution in [2.24, 2.45) is 0 Å². The van der Waals surface area contributed by atoms with Crippen molar-refractivity contribution in [3.8, 4) is 0 Å². The predicted octanol–water partition coefficient (Wildman–Crippen LogP) is 4.47. The molecule has 0 amide bonds. The van der Waals surface area contributed by atoms with Crippen LogP contribution < -0.4 is 0 Å². The fourth-order valence-electron chi connectivity index (χ4n) is 2.06. The molecule has 0 aliphatic heterocycles. The molecule has 2 aromatic carbocycles. The van der Waals surface area contributed by atoms with E-state index in [1.54, 1.807) is 17.4 Å². The monoisotopic (exact) mass is 351 g/mol. The van der Waals surface area contributed by atoms with Crippen LogP contribution in [0.1, 0.15) is 16.7 Å². The molecule has 3 rings (SSSR count). The van der Waals surface area contributed by atoms with Gasteiger partial charge >= 0.3 is 0 Å². The molecule has 3 aromatic rings. The SMILES string of the molecule is OC(Cc1nc2ccccc2s1)c1cc(F)cc(Br)c1. The highest BCUT2D eigenvalue weighted by Gasteiger charge is 2.13. The molecule has 102 valence electrons. The zero-order valence-corrected chi connectivity index (χ0v) is 12.8. The molecule has 20 heavy (non-hydrogen) atoms. The van der Waals surface area contributed by atoms with E-state index in [1.165, 1.54) is 12.1 Å². The van der Waals surface area contributed by atoms with E-state index < -0.39 is 6.10 Å². The van der Waals surface area contributed by atoms with Crippen molar-refractivity contribution in [1.82, 2.24) is 4.98 Å². The number of hydrogen-bond acceptors (Lipinski definition) is 3. The van der Waals surface area contributed by atoms with Gasteiger partial charge in [0.15, 0.2) is 0 Å². The van der Waals surface area contributed by atoms with Gasteiger partial charge in [-0.1, -0.05) is 28.1 Å². The van der Waals surface area contributed by atoms with Crippen LogP contribution in [-0.4, -0.2) is 10.1 Å². The van der Waals surface area contributed by atoms with Gasteiger partial charge in [0.05, 0.1) is 21.3 Å². The molecule has 1 aromatic heterocycles. The van der Waals surface area contributed by atoms with Gasteiger partial charge in [0.1, 0.15) is 5.82 Å². The first-order valence-corrected chi connectivity index (χ1v) is 7.71. The van der Waals surface area contributed by atoms with E-state index in [2.05, 4.69) is 20.9 Å². The Morgan fingerprint density at radius 1 is 1.25 bits per heavy atom. The van der Waals surface area contributed by atoms with Crippen molar-refractivity contribution in [2.45, 2.75) is 12.5 Å². The normalized spacial score (nSPS) is 12.8. The predicted molar refractivity (Wildman–Crippen MR) is 82.4 cm³/mol. The molecule has 0 fully saturated rings. The van der Waals surface area contributed by atoms with Crippen LogP contribution in [0.3, 0.4) is 0 Å². The summed E-state index contributed by atoms with van der Waals surface area (Å²) in [5.74, 6) is -0.363. The molecule has 0 aliphatic rings. The number of rotatable bonds is 3. The number of fused-ring (bicyclic) bond motifs is 1. The molecule has 0 spiro atoms. The zero-order valence-electron chi connectivity index (χ0n) is 10.4. The summed E-state index contributed by atoms with van der Waals surface area (Å²) in [7, 11) is 0. The van der Waals surface area contributed by atoms with Crippen LogP contribution in [-0.2, 0) is 6.42 Å². The average molecular weight is 352 g/mol. The molecule has 5 heteroatoms. The summed E-state index contributed by atoms with van der Waals surface area (Å²) >= 11 is 4.78. The number of halogens is 2. The molecule has 0 saturated carbocycles. The van der Waals surface area contributed by atoms with Gasteiger partial charge in [-0.05, 0) is 35.9 Å². The lowest BCUT2D eigenvalue weighted by Gasteiger charge is -2.09. The minimum absolute atomic E-state index is 0.363. The molecule has 0 radical (unpaired) electrons. The third kappa shape index (κ3) is 2.90. The van der Waals surface area contributed by atoms with Crippen LogP contribution in [0.25, 0.3) is 10.2 Å². The number of benzene rings is 2. The summed E-state index contributed by atoms with van der Waals surface area (Å²) in [5, 5.41) is 11.1. The van der Waals surface area contributed by atoms with Gasteiger partial charge in [-0.3, -0.25) is 0 Å². The topological polar surface area (TPSA) is 33.1 Å². The lowest BCUT2D eigenvalue weighted by atomic mass is 10.1. The van der Waals surface area contributed by atoms with Crippen molar-refractivity contribution in [2.75, 3.05) is 0 Å². The van der Waals surface area contributed by atoms with Gasteiger partial charge in [0.25, 0.3) is 0 Å². The maximum atomic E-state index is 13.3. The number of para-hydroxylation sites is 1. The van der Waals surface area contributed by atoms with E-state index >= 15 is 0 Å². The van der Waals surface area contributed by atoms with Crippen LogP contribution >= 0.6 is 27.3 Å². The standard InChI is InChI=1S/C15H11BrFNOS/c16-10-5-9(6-11(17)7-10)13(19)8-15-18-12-3-1-2-4-14(12)20-15/h1-7,13,19H,8H2. The Bertz CT molecular complexity index is 705. The fourth-order valence-corrected chi connectivity index (χ4v) is 3.54. The van der Waals surface area contributed by atoms with Gasteiger partial charge in [-0.2, -0.15) is 0 Å². The lowest BCUT2D eigenvalue weighted by molar-refractivity contribution is 0.178. The summed E-state index contributed by atoms with van der Waals surface area (Å²) in [4.78, 5) is 4.48. The smallest absolute Gasteiger partial charge is 0.124 e. The molecule has 1 heterocycles. The van der Waals surface area contributed by atoms with E-state index in [9.17, 15) is 9.50 Å². The van der Waals surface area contributed by atoms with Crippen molar-refractivity contribution < 1.29 is 9.50 Å². The third-order valence-corrected chi connectivity index (χ3v) is 4.49. The lowest BCUT2D eigenvalue weighted by Crippen LogP contribution is -2.02. The second kappa shape index (κ2) is 5.60. The quantitative estimate of drug-likeness (QED) is 0.754. The second-order valence-electron chi connectivity index (χ2n) is 4.50. The van der Waals surface area contributed by atoms with Gasteiger partial charge < -0.3 is 5.11 Å². The number of aliphatic hydroxyl groups is 1. The summed E-state index contributed by atoms with van der Waals surface area (Å²) in [5.41, 5.74) is 1.48. The van der Waals surface area contributed by atoms with Crippen molar-refractivity contribution >= 4 is 37.5 Å². The third-order valence-electron chi connectivity index (χ3n) is 2.98. The van der Waals surface area contributed by atoms with E-state index in [1.807, 2.05) is 24.3 Å². The van der Waals surface area contributed by atoms with Crippen molar-refractivity contribution in [1.29, 1.82) is 0 Å². The number of hydrogen-bond donors (Lipinski definition) is 1. The average Bonchev–Trinajstić information content (AvgIpc) is 2.79. The van der Waals surface area contributed by atoms with Gasteiger partial charge in [-0.15, -0.1) is 11.3 Å². The molecule has 1 N–H and O–H groups in total. The Balaban J connectivity index is 1.86. The Morgan fingerprint density at radius 3 is 2.80 bits per heavy atom. The molecule has 0 saturated heterocycles. The molecule has 1 unspecified atom stereocenters. The van der Waals surface area contributed by atoms with E-state index in [-0.39, 0.29) is 5.82 Å². The second-order valence-corrected chi connectivity index (χ2v) is 6.53. The first kappa shape index (κ1) is 13.7. The maximum Gasteiger partial charge on any atom is 0.124 e. The van der Waals surface area contributed by atoms with E-state index in [0.29, 0.717) is 16.5 Å². The largest absolute Gasteiger partial charge is 0.388 e. The first-order valence-electron chi connectivity index (χ1n) is 6.10. The Labute approximate surface area is 128 Å². The summed E-state index contributed by atoms with van der Waals surface area (Å²) in [6.45, 7) is 0. The minimum atomic E-state index is -0.762. The molecule has 0 aliphatic carbocycles. The number of aliphatic hydroxyl groups excluding tert-OH is 1. The molecule has 1 atom stereocenters. The molecular weight excluding hydrogens is 341 g/mol. The highest BCUT2D eigenvalue weighted by Crippen LogP contribution is 2.27. The van der Waals surface area contributed by atoms with Crippen LogP contribution in [0, 0.1) is 5.82 Å². The molecule has 0 bridgehead atoms. The number of nitrogens with zero attached hydrogens (tertiary/aromatic N) is 1. The number of thiazole rings is 1. The summed E-state index contributed by atoms with van der Waals surface area (Å²) in [6.07, 6.45) is -0.377. The summed E-state index contributed by atoms with van der Waals surface area (Å²) < 4.78 is 15.1. The van der Waals surface area contributed by atoms with Crippen LogP contribution in [0.4, 0.5) is 4.39 Å². The number of aromatic nitrogens is 1. The summed E-state index contributed by atoms with van der Waals surface area (Å²) in [6, 6.07) is 12.3. The van der Waals surface area contributed by atoms with Gasteiger partial charge in [0, 0.05) is 10.9 Å². The Hall–Kier alpha value is -1.30. The minimum Gasteiger partial charge on any atom is -0.388 e. The van der Waals surface area contributed by atoms with Crippen LogP contribution in [0.2, 0.25) is 0 Å². The van der Waals surface area contributed by atoms with E-state index in [4.69, 9.17) is 0 Å². The van der Waals surface area contributed by atoms with Crippen molar-refractivity contribution in [3.05, 3.63) is 63.3 Å². The highest BCUT2D eigenvalue weighted by atomic mass is 79.9. The van der Waals surface area contributed by atoms with E-state index in [0.717, 1.165) is 15.2 Å². The Kier molecular flexibility index (Phi) is 3.83. The van der Waals surface area contributed by atoms with Gasteiger partial charge in [0.2, 0.25) is 0 Å². The zero-order chi connectivity index (χ0) is 14.1. The molecule has 2 nitrogen and oxygen atoms in total. The Morgan fingerprint density at radius 2 is 2.05 bits per heavy atom. The van der Waals surface area contributed by atoms with Crippen LogP contribution in [0.15, 0.2) is 46.9 Å². The van der Waals surface area contributed by atoms with Gasteiger partial charge in [-0.25, -0.2) is 9.37 Å².